The Hall–Kier alpha value is -2.84. The molecule has 0 aliphatic heterocycles. The molecule has 3 N–H and O–H groups in total. The second kappa shape index (κ2) is 9.11. The molecule has 8 heteroatoms. The molecule has 0 atom stereocenters. The minimum absolute atomic E-state index is 0.0460. The highest BCUT2D eigenvalue weighted by Crippen LogP contribution is 2.24. The van der Waals surface area contributed by atoms with Crippen LogP contribution in [-0.2, 0) is 28.9 Å². The Morgan fingerprint density at radius 3 is 2.48 bits per heavy atom. The summed E-state index contributed by atoms with van der Waals surface area (Å²) in [5.41, 5.74) is 3.69. The third kappa shape index (κ3) is 5.36. The van der Waals surface area contributed by atoms with Crippen LogP contribution in [0.25, 0.3) is 11.0 Å². The SMILES string of the molecule is CN=C(NCc1cccc(CS(=O)(=O)NC)c1)NCc1oc2ccccc2c1C. The van der Waals surface area contributed by atoms with Crippen LogP contribution in [0.15, 0.2) is 57.9 Å². The number of hydrogen-bond acceptors (Lipinski definition) is 4. The zero-order chi connectivity index (χ0) is 20.9. The van der Waals surface area contributed by atoms with E-state index in [9.17, 15) is 8.42 Å². The zero-order valence-electron chi connectivity index (χ0n) is 16.8. The van der Waals surface area contributed by atoms with Crippen molar-refractivity contribution in [1.29, 1.82) is 0 Å². The molecule has 7 nitrogen and oxygen atoms in total. The summed E-state index contributed by atoms with van der Waals surface area (Å²) in [6, 6.07) is 15.4. The lowest BCUT2D eigenvalue weighted by molar-refractivity contribution is 0.534. The fourth-order valence-corrected chi connectivity index (χ4v) is 3.85. The number of benzene rings is 2. The van der Waals surface area contributed by atoms with Gasteiger partial charge in [0.15, 0.2) is 5.96 Å². The maximum absolute atomic E-state index is 11.7. The molecule has 1 heterocycles. The van der Waals surface area contributed by atoms with Crippen molar-refractivity contribution in [2.45, 2.75) is 25.8 Å². The Balaban J connectivity index is 1.60. The number of sulfonamides is 1. The number of para-hydroxylation sites is 1. The number of aliphatic imine (C=N–C) groups is 1. The lowest BCUT2D eigenvalue weighted by Crippen LogP contribution is -2.36. The van der Waals surface area contributed by atoms with E-state index >= 15 is 0 Å². The molecular weight excluding hydrogens is 388 g/mol. The molecule has 0 aliphatic carbocycles. The van der Waals surface area contributed by atoms with E-state index in [1.165, 1.54) is 7.05 Å². The fourth-order valence-electron chi connectivity index (χ4n) is 3.08. The van der Waals surface area contributed by atoms with Gasteiger partial charge in [0.25, 0.3) is 0 Å². The van der Waals surface area contributed by atoms with Gasteiger partial charge in [0.1, 0.15) is 11.3 Å². The van der Waals surface area contributed by atoms with Crippen molar-refractivity contribution in [1.82, 2.24) is 15.4 Å². The topological polar surface area (TPSA) is 95.7 Å². The van der Waals surface area contributed by atoms with E-state index in [4.69, 9.17) is 4.42 Å². The standard InChI is InChI=1S/C21H26N4O3S/c1-15-18-9-4-5-10-19(18)28-20(15)13-25-21(22-2)24-12-16-7-6-8-17(11-16)14-29(26,27)23-3/h4-11,23H,12-14H2,1-3H3,(H2,22,24,25). The summed E-state index contributed by atoms with van der Waals surface area (Å²) < 4.78 is 31.7. The van der Waals surface area contributed by atoms with Gasteiger partial charge in [0.05, 0.1) is 12.3 Å². The van der Waals surface area contributed by atoms with E-state index in [1.807, 2.05) is 49.4 Å². The molecule has 3 rings (SSSR count). The summed E-state index contributed by atoms with van der Waals surface area (Å²) in [4.78, 5) is 4.24. The van der Waals surface area contributed by atoms with Gasteiger partial charge in [-0.15, -0.1) is 0 Å². The van der Waals surface area contributed by atoms with Crippen LogP contribution in [0.2, 0.25) is 0 Å². The van der Waals surface area contributed by atoms with Crippen molar-refractivity contribution in [3.63, 3.8) is 0 Å². The molecule has 0 aliphatic rings. The maximum atomic E-state index is 11.7. The van der Waals surface area contributed by atoms with Gasteiger partial charge in [-0.1, -0.05) is 42.5 Å². The van der Waals surface area contributed by atoms with Crippen LogP contribution >= 0.6 is 0 Å². The van der Waals surface area contributed by atoms with Crippen LogP contribution in [0, 0.1) is 6.92 Å². The van der Waals surface area contributed by atoms with Crippen molar-refractivity contribution in [3.05, 3.63) is 71.0 Å². The molecule has 3 aromatic rings. The van der Waals surface area contributed by atoms with E-state index in [1.54, 1.807) is 13.1 Å². The molecule has 0 saturated carbocycles. The fraction of sp³-hybridized carbons (Fsp3) is 0.286. The number of furan rings is 1. The zero-order valence-corrected chi connectivity index (χ0v) is 17.6. The molecule has 0 radical (unpaired) electrons. The third-order valence-corrected chi connectivity index (χ3v) is 6.04. The highest BCUT2D eigenvalue weighted by atomic mass is 32.2. The number of fused-ring (bicyclic) bond motifs is 1. The monoisotopic (exact) mass is 414 g/mol. The molecule has 0 saturated heterocycles. The Bertz CT molecular complexity index is 1120. The summed E-state index contributed by atoms with van der Waals surface area (Å²) in [6.07, 6.45) is 0. The van der Waals surface area contributed by atoms with Crippen LogP contribution in [0.4, 0.5) is 0 Å². The Morgan fingerprint density at radius 1 is 1.03 bits per heavy atom. The average molecular weight is 415 g/mol. The van der Waals surface area contributed by atoms with Gasteiger partial charge in [-0.3, -0.25) is 4.99 Å². The number of guanidine groups is 1. The quantitative estimate of drug-likeness (QED) is 0.408. The van der Waals surface area contributed by atoms with Gasteiger partial charge in [-0.2, -0.15) is 0 Å². The average Bonchev–Trinajstić information content (AvgIpc) is 3.04. The molecule has 1 aromatic heterocycles. The predicted molar refractivity (Wildman–Crippen MR) is 116 cm³/mol. The van der Waals surface area contributed by atoms with Crippen molar-refractivity contribution in [2.75, 3.05) is 14.1 Å². The van der Waals surface area contributed by atoms with Crippen LogP contribution in [0.5, 0.6) is 0 Å². The van der Waals surface area contributed by atoms with Crippen molar-refractivity contribution >= 4 is 27.0 Å². The summed E-state index contributed by atoms with van der Waals surface area (Å²) in [6.45, 7) is 3.08. The number of nitrogens with one attached hydrogen (secondary N) is 3. The van der Waals surface area contributed by atoms with Crippen LogP contribution in [0.1, 0.15) is 22.5 Å². The Morgan fingerprint density at radius 2 is 1.76 bits per heavy atom. The van der Waals surface area contributed by atoms with Gasteiger partial charge in [0.2, 0.25) is 10.0 Å². The first-order chi connectivity index (χ1) is 13.9. The van der Waals surface area contributed by atoms with Crippen LogP contribution in [0.3, 0.4) is 0 Å². The Labute approximate surface area is 171 Å². The lowest BCUT2D eigenvalue weighted by atomic mass is 10.1. The number of rotatable bonds is 7. The van der Waals surface area contributed by atoms with E-state index in [2.05, 4.69) is 20.3 Å². The third-order valence-electron chi connectivity index (χ3n) is 4.70. The first kappa shape index (κ1) is 20.9. The molecule has 0 spiro atoms. The number of aryl methyl sites for hydroxylation is 1. The molecule has 29 heavy (non-hydrogen) atoms. The summed E-state index contributed by atoms with van der Waals surface area (Å²) in [5.74, 6) is 1.46. The van der Waals surface area contributed by atoms with Crippen LogP contribution in [-0.4, -0.2) is 28.5 Å². The van der Waals surface area contributed by atoms with Crippen molar-refractivity contribution < 1.29 is 12.8 Å². The summed E-state index contributed by atoms with van der Waals surface area (Å²) in [7, 11) is -0.175. The van der Waals surface area contributed by atoms with E-state index in [0.717, 1.165) is 33.4 Å². The summed E-state index contributed by atoms with van der Waals surface area (Å²) >= 11 is 0. The number of hydrogen-bond donors (Lipinski definition) is 3. The lowest BCUT2D eigenvalue weighted by Gasteiger charge is -2.12. The highest BCUT2D eigenvalue weighted by Gasteiger charge is 2.11. The van der Waals surface area contributed by atoms with Gasteiger partial charge < -0.3 is 15.1 Å². The van der Waals surface area contributed by atoms with Gasteiger partial charge in [-0.05, 0) is 31.2 Å². The molecule has 0 bridgehead atoms. The molecule has 2 aromatic carbocycles. The van der Waals surface area contributed by atoms with Crippen LogP contribution < -0.4 is 15.4 Å². The first-order valence-corrected chi connectivity index (χ1v) is 11.0. The van der Waals surface area contributed by atoms with E-state index in [0.29, 0.717) is 19.0 Å². The van der Waals surface area contributed by atoms with E-state index in [-0.39, 0.29) is 5.75 Å². The second-order valence-electron chi connectivity index (χ2n) is 6.71. The number of nitrogens with zero attached hydrogens (tertiary/aromatic N) is 1. The normalized spacial score (nSPS) is 12.3. The molecular formula is C21H26N4O3S. The van der Waals surface area contributed by atoms with Crippen molar-refractivity contribution in [3.8, 4) is 0 Å². The smallest absolute Gasteiger partial charge is 0.215 e. The maximum Gasteiger partial charge on any atom is 0.215 e. The first-order valence-electron chi connectivity index (χ1n) is 9.32. The minimum Gasteiger partial charge on any atom is -0.459 e. The van der Waals surface area contributed by atoms with E-state index < -0.39 is 10.0 Å². The van der Waals surface area contributed by atoms with Crippen molar-refractivity contribution in [2.24, 2.45) is 4.99 Å². The predicted octanol–water partition coefficient (Wildman–Crippen LogP) is 2.66. The molecule has 154 valence electrons. The largest absolute Gasteiger partial charge is 0.459 e. The van der Waals surface area contributed by atoms with Gasteiger partial charge in [-0.25, -0.2) is 13.1 Å². The summed E-state index contributed by atoms with van der Waals surface area (Å²) in [5, 5.41) is 7.62. The van der Waals surface area contributed by atoms with Gasteiger partial charge in [0, 0.05) is 24.5 Å². The minimum atomic E-state index is -3.30. The molecule has 0 fully saturated rings. The molecule has 0 unspecified atom stereocenters. The Kier molecular flexibility index (Phi) is 6.56. The highest BCUT2D eigenvalue weighted by molar-refractivity contribution is 7.88. The molecule has 0 amide bonds. The van der Waals surface area contributed by atoms with Gasteiger partial charge >= 0.3 is 0 Å². The second-order valence-corrected chi connectivity index (χ2v) is 8.64.